The average molecular weight is 309 g/mol. The molecule has 0 spiro atoms. The van der Waals surface area contributed by atoms with E-state index in [0.29, 0.717) is 12.1 Å². The van der Waals surface area contributed by atoms with Crippen LogP contribution in [0, 0.1) is 0 Å². The zero-order valence-corrected chi connectivity index (χ0v) is 13.3. The van der Waals surface area contributed by atoms with Gasteiger partial charge in [-0.05, 0) is 23.3 Å². The van der Waals surface area contributed by atoms with Crippen molar-refractivity contribution in [2.75, 3.05) is 31.9 Å². The van der Waals surface area contributed by atoms with Crippen LogP contribution >= 0.6 is 0 Å². The lowest BCUT2D eigenvalue weighted by atomic mass is 10.1. The summed E-state index contributed by atoms with van der Waals surface area (Å²) < 4.78 is 0. The van der Waals surface area contributed by atoms with Crippen molar-refractivity contribution >= 4 is 11.6 Å². The van der Waals surface area contributed by atoms with Gasteiger partial charge >= 0.3 is 0 Å². The number of hydrogen-bond acceptors (Lipinski definition) is 3. The molecule has 4 heteroatoms. The molecule has 0 atom stereocenters. The third kappa shape index (κ3) is 4.33. The van der Waals surface area contributed by atoms with Gasteiger partial charge in [0.2, 0.25) is 5.91 Å². The van der Waals surface area contributed by atoms with Crippen LogP contribution in [0.15, 0.2) is 54.6 Å². The molecule has 0 unspecified atom stereocenters. The molecule has 1 heterocycles. The van der Waals surface area contributed by atoms with Crippen molar-refractivity contribution in [3.63, 3.8) is 0 Å². The van der Waals surface area contributed by atoms with Gasteiger partial charge in [0.1, 0.15) is 0 Å². The maximum absolute atomic E-state index is 12.4. The van der Waals surface area contributed by atoms with Gasteiger partial charge in [0, 0.05) is 38.4 Å². The predicted molar refractivity (Wildman–Crippen MR) is 92.9 cm³/mol. The molecule has 2 N–H and O–H groups in total. The lowest BCUT2D eigenvalue weighted by Gasteiger charge is -2.34. The smallest absolute Gasteiger partial charge is 0.227 e. The van der Waals surface area contributed by atoms with Crippen LogP contribution in [0.1, 0.15) is 11.1 Å². The molecule has 3 rings (SSSR count). The molecule has 1 amide bonds. The fourth-order valence-electron chi connectivity index (χ4n) is 2.99. The number of nitrogens with two attached hydrogens (primary N) is 1. The third-order valence-electron chi connectivity index (χ3n) is 4.28. The third-order valence-corrected chi connectivity index (χ3v) is 4.28. The van der Waals surface area contributed by atoms with Gasteiger partial charge in [-0.1, -0.05) is 42.5 Å². The summed E-state index contributed by atoms with van der Waals surface area (Å²) in [7, 11) is 0. The topological polar surface area (TPSA) is 49.6 Å². The van der Waals surface area contributed by atoms with Gasteiger partial charge in [-0.25, -0.2) is 0 Å². The Hall–Kier alpha value is -2.33. The van der Waals surface area contributed by atoms with Gasteiger partial charge in [-0.3, -0.25) is 9.69 Å². The number of benzene rings is 2. The van der Waals surface area contributed by atoms with E-state index in [1.54, 1.807) is 0 Å². The molecule has 0 aromatic heterocycles. The highest BCUT2D eigenvalue weighted by Crippen LogP contribution is 2.12. The lowest BCUT2D eigenvalue weighted by Crippen LogP contribution is -2.48. The molecular formula is C19H23N3O. The lowest BCUT2D eigenvalue weighted by molar-refractivity contribution is -0.132. The van der Waals surface area contributed by atoms with Gasteiger partial charge in [-0.2, -0.15) is 0 Å². The second-order valence-electron chi connectivity index (χ2n) is 6.06. The number of nitrogen functional groups attached to an aromatic ring is 1. The molecule has 23 heavy (non-hydrogen) atoms. The highest BCUT2D eigenvalue weighted by molar-refractivity contribution is 5.79. The van der Waals surface area contributed by atoms with Gasteiger partial charge in [-0.15, -0.1) is 0 Å². The molecule has 2 aromatic carbocycles. The number of amides is 1. The van der Waals surface area contributed by atoms with Crippen LogP contribution in [0.25, 0.3) is 0 Å². The van der Waals surface area contributed by atoms with Crippen LogP contribution in [0.3, 0.4) is 0 Å². The zero-order chi connectivity index (χ0) is 16.1. The van der Waals surface area contributed by atoms with E-state index < -0.39 is 0 Å². The van der Waals surface area contributed by atoms with E-state index in [1.807, 2.05) is 35.2 Å². The highest BCUT2D eigenvalue weighted by Gasteiger charge is 2.21. The van der Waals surface area contributed by atoms with Crippen molar-refractivity contribution < 1.29 is 4.79 Å². The molecule has 0 aliphatic carbocycles. The highest BCUT2D eigenvalue weighted by atomic mass is 16.2. The molecule has 0 bridgehead atoms. The van der Waals surface area contributed by atoms with Crippen LogP contribution in [0.5, 0.6) is 0 Å². The van der Waals surface area contributed by atoms with E-state index in [1.165, 1.54) is 5.56 Å². The monoisotopic (exact) mass is 309 g/mol. The van der Waals surface area contributed by atoms with E-state index in [-0.39, 0.29) is 5.91 Å². The molecule has 0 radical (unpaired) electrons. The minimum absolute atomic E-state index is 0.190. The van der Waals surface area contributed by atoms with Crippen molar-refractivity contribution in [2.45, 2.75) is 13.0 Å². The van der Waals surface area contributed by atoms with Crippen molar-refractivity contribution in [3.05, 3.63) is 65.7 Å². The largest absolute Gasteiger partial charge is 0.399 e. The molecule has 4 nitrogen and oxygen atoms in total. The Bertz CT molecular complexity index is 649. The fourth-order valence-corrected chi connectivity index (χ4v) is 2.99. The van der Waals surface area contributed by atoms with Crippen LogP contribution in [-0.2, 0) is 17.8 Å². The van der Waals surface area contributed by atoms with Crippen LogP contribution < -0.4 is 5.73 Å². The maximum Gasteiger partial charge on any atom is 0.227 e. The van der Waals surface area contributed by atoms with Crippen molar-refractivity contribution in [3.8, 4) is 0 Å². The van der Waals surface area contributed by atoms with E-state index in [2.05, 4.69) is 29.2 Å². The Labute approximate surface area is 137 Å². The average Bonchev–Trinajstić information content (AvgIpc) is 2.56. The number of hydrogen-bond donors (Lipinski definition) is 1. The summed E-state index contributed by atoms with van der Waals surface area (Å²) in [5, 5.41) is 0. The predicted octanol–water partition coefficient (Wildman–Crippen LogP) is 2.16. The first-order chi connectivity index (χ1) is 11.2. The SMILES string of the molecule is Nc1cccc(CC(=O)N2CCN(Cc3ccccc3)CC2)c1. The minimum atomic E-state index is 0.190. The summed E-state index contributed by atoms with van der Waals surface area (Å²) in [4.78, 5) is 16.8. The molecule has 1 fully saturated rings. The minimum Gasteiger partial charge on any atom is -0.399 e. The second kappa shape index (κ2) is 7.29. The number of anilines is 1. The fraction of sp³-hybridized carbons (Fsp3) is 0.316. The molecule has 0 saturated carbocycles. The van der Waals surface area contributed by atoms with Crippen LogP contribution in [0.2, 0.25) is 0 Å². The molecule has 1 saturated heterocycles. The number of carbonyl (C=O) groups excluding carboxylic acids is 1. The summed E-state index contributed by atoms with van der Waals surface area (Å²) >= 11 is 0. The Morgan fingerprint density at radius 2 is 1.61 bits per heavy atom. The summed E-state index contributed by atoms with van der Waals surface area (Å²) in [6.45, 7) is 4.41. The molecular weight excluding hydrogens is 286 g/mol. The van der Waals surface area contributed by atoms with Gasteiger partial charge in [0.05, 0.1) is 6.42 Å². The maximum atomic E-state index is 12.4. The van der Waals surface area contributed by atoms with Crippen molar-refractivity contribution in [1.82, 2.24) is 9.80 Å². The Balaban J connectivity index is 1.49. The number of nitrogens with zero attached hydrogens (tertiary/aromatic N) is 2. The number of rotatable bonds is 4. The zero-order valence-electron chi connectivity index (χ0n) is 13.3. The molecule has 1 aliphatic heterocycles. The van der Waals surface area contributed by atoms with Crippen LogP contribution in [-0.4, -0.2) is 41.9 Å². The van der Waals surface area contributed by atoms with Gasteiger partial charge in [0.15, 0.2) is 0 Å². The summed E-state index contributed by atoms with van der Waals surface area (Å²) in [5.74, 6) is 0.190. The van der Waals surface area contributed by atoms with Gasteiger partial charge in [0.25, 0.3) is 0 Å². The first-order valence-electron chi connectivity index (χ1n) is 8.09. The molecule has 1 aliphatic rings. The van der Waals surface area contributed by atoms with Crippen LogP contribution in [0.4, 0.5) is 5.69 Å². The van der Waals surface area contributed by atoms with E-state index in [4.69, 9.17) is 5.73 Å². The van der Waals surface area contributed by atoms with E-state index in [9.17, 15) is 4.79 Å². The summed E-state index contributed by atoms with van der Waals surface area (Å²) in [6, 6.07) is 18.1. The Morgan fingerprint density at radius 3 is 2.30 bits per heavy atom. The Morgan fingerprint density at radius 1 is 0.913 bits per heavy atom. The number of carbonyl (C=O) groups is 1. The number of piperazine rings is 1. The standard InChI is InChI=1S/C19H23N3O/c20-18-8-4-7-17(13-18)14-19(23)22-11-9-21(10-12-22)15-16-5-2-1-3-6-16/h1-8,13H,9-12,14-15,20H2. The van der Waals surface area contributed by atoms with E-state index in [0.717, 1.165) is 38.3 Å². The quantitative estimate of drug-likeness (QED) is 0.881. The first-order valence-corrected chi connectivity index (χ1v) is 8.09. The van der Waals surface area contributed by atoms with E-state index >= 15 is 0 Å². The first kappa shape index (κ1) is 15.6. The Kier molecular flexibility index (Phi) is 4.93. The summed E-state index contributed by atoms with van der Waals surface area (Å²) in [5.41, 5.74) is 8.80. The second-order valence-corrected chi connectivity index (χ2v) is 6.06. The summed E-state index contributed by atoms with van der Waals surface area (Å²) in [6.07, 6.45) is 0.434. The van der Waals surface area contributed by atoms with Gasteiger partial charge < -0.3 is 10.6 Å². The molecule has 2 aromatic rings. The molecule has 120 valence electrons. The van der Waals surface area contributed by atoms with Crippen molar-refractivity contribution in [1.29, 1.82) is 0 Å². The normalized spacial score (nSPS) is 15.6. The van der Waals surface area contributed by atoms with Crippen molar-refractivity contribution in [2.24, 2.45) is 0 Å².